The molecule has 0 radical (unpaired) electrons. The van der Waals surface area contributed by atoms with Crippen molar-refractivity contribution in [2.45, 2.75) is 19.8 Å². The third-order valence-electron chi connectivity index (χ3n) is 5.09. The summed E-state index contributed by atoms with van der Waals surface area (Å²) < 4.78 is 2.34. The summed E-state index contributed by atoms with van der Waals surface area (Å²) in [5.41, 5.74) is 4.90. The van der Waals surface area contributed by atoms with Gasteiger partial charge >= 0.3 is 0 Å². The number of hydrogen-bond donors (Lipinski definition) is 0. The molecule has 0 amide bonds. The van der Waals surface area contributed by atoms with E-state index in [0.717, 1.165) is 37.9 Å². The number of anilines is 1. The Hall–Kier alpha value is -3.11. The number of para-hydroxylation sites is 2. The first-order valence-corrected chi connectivity index (χ1v) is 9.37. The molecule has 4 aromatic rings. The predicted molar refractivity (Wildman–Crippen MR) is 109 cm³/mol. The summed E-state index contributed by atoms with van der Waals surface area (Å²) >= 11 is 0. The van der Waals surface area contributed by atoms with Crippen LogP contribution in [0.25, 0.3) is 11.0 Å². The fourth-order valence-electron chi connectivity index (χ4n) is 3.86. The van der Waals surface area contributed by atoms with Crippen LogP contribution in [-0.4, -0.2) is 21.1 Å². The second-order valence-electron chi connectivity index (χ2n) is 7.11. The molecule has 0 spiro atoms. The number of nitrogens with zero attached hydrogens (tertiary/aromatic N) is 4. The Balaban J connectivity index is 1.51. The summed E-state index contributed by atoms with van der Waals surface area (Å²) in [6.45, 7) is 3.51. The molecule has 3 aromatic carbocycles. The van der Waals surface area contributed by atoms with Gasteiger partial charge in [0.05, 0.1) is 24.4 Å². The molecule has 5 rings (SSSR count). The van der Waals surface area contributed by atoms with Crippen LogP contribution in [0.3, 0.4) is 0 Å². The number of benzene rings is 3. The number of imidazole rings is 1. The maximum absolute atomic E-state index is 4.93. The molecule has 134 valence electrons. The lowest BCUT2D eigenvalue weighted by molar-refractivity contribution is 0.189. The number of hydrogen-bond acceptors (Lipinski definition) is 3. The normalized spacial score (nSPS) is 14.4. The predicted octanol–water partition coefficient (Wildman–Crippen LogP) is 4.47. The molecule has 4 heteroatoms. The van der Waals surface area contributed by atoms with E-state index in [-0.39, 0.29) is 0 Å². The fourth-order valence-corrected chi connectivity index (χ4v) is 3.86. The smallest absolute Gasteiger partial charge is 0.209 e. The van der Waals surface area contributed by atoms with Crippen molar-refractivity contribution in [1.82, 2.24) is 14.5 Å². The maximum Gasteiger partial charge on any atom is 0.209 e. The van der Waals surface area contributed by atoms with Crippen LogP contribution in [0.2, 0.25) is 0 Å². The van der Waals surface area contributed by atoms with E-state index >= 15 is 0 Å². The standard InChI is InChI=1S/C23H22N4/c1-3-9-19(10-4-1)15-25-17-26(16-20-11-5-2-6-12-20)23-24-21-13-7-8-14-22(21)27(23)18-25/h1-14H,15-18H2. The third kappa shape index (κ3) is 3.20. The van der Waals surface area contributed by atoms with Gasteiger partial charge in [-0.2, -0.15) is 0 Å². The lowest BCUT2D eigenvalue weighted by atomic mass is 10.2. The molecular formula is C23H22N4. The summed E-state index contributed by atoms with van der Waals surface area (Å²) in [6.07, 6.45) is 0. The van der Waals surface area contributed by atoms with Crippen LogP contribution in [0.1, 0.15) is 11.1 Å². The van der Waals surface area contributed by atoms with Crippen molar-refractivity contribution in [2.24, 2.45) is 0 Å². The molecule has 0 fully saturated rings. The van der Waals surface area contributed by atoms with Crippen molar-refractivity contribution in [3.05, 3.63) is 96.1 Å². The molecule has 0 unspecified atom stereocenters. The maximum atomic E-state index is 4.93. The summed E-state index contributed by atoms with van der Waals surface area (Å²) in [6, 6.07) is 29.7. The zero-order chi connectivity index (χ0) is 18.1. The van der Waals surface area contributed by atoms with Crippen molar-refractivity contribution in [3.8, 4) is 0 Å². The molecule has 1 aliphatic heterocycles. The van der Waals surface area contributed by atoms with Gasteiger partial charge in [0.1, 0.15) is 0 Å². The number of aromatic nitrogens is 2. The van der Waals surface area contributed by atoms with Gasteiger partial charge in [0.2, 0.25) is 5.95 Å². The third-order valence-corrected chi connectivity index (χ3v) is 5.09. The van der Waals surface area contributed by atoms with E-state index in [2.05, 4.69) is 99.3 Å². The summed E-state index contributed by atoms with van der Waals surface area (Å²) in [5.74, 6) is 1.06. The summed E-state index contributed by atoms with van der Waals surface area (Å²) in [7, 11) is 0. The van der Waals surface area contributed by atoms with Crippen molar-refractivity contribution in [2.75, 3.05) is 11.6 Å². The molecule has 1 aliphatic rings. The number of rotatable bonds is 4. The van der Waals surface area contributed by atoms with Gasteiger partial charge in [-0.25, -0.2) is 4.98 Å². The van der Waals surface area contributed by atoms with E-state index in [1.54, 1.807) is 0 Å². The van der Waals surface area contributed by atoms with Crippen LogP contribution in [0, 0.1) is 0 Å². The lowest BCUT2D eigenvalue weighted by Crippen LogP contribution is -2.44. The SMILES string of the molecule is c1ccc(CN2CN(Cc3ccccc3)c3nc4ccccc4n3C2)cc1. The highest BCUT2D eigenvalue weighted by Crippen LogP contribution is 2.28. The topological polar surface area (TPSA) is 24.3 Å². The minimum absolute atomic E-state index is 0.857. The second kappa shape index (κ2) is 6.89. The van der Waals surface area contributed by atoms with Gasteiger partial charge in [0.15, 0.2) is 0 Å². The first kappa shape index (κ1) is 16.1. The highest BCUT2D eigenvalue weighted by atomic mass is 15.5. The Morgan fingerprint density at radius 3 is 2.04 bits per heavy atom. The van der Waals surface area contributed by atoms with E-state index < -0.39 is 0 Å². The van der Waals surface area contributed by atoms with E-state index in [9.17, 15) is 0 Å². The van der Waals surface area contributed by atoms with E-state index in [1.165, 1.54) is 16.6 Å². The molecular weight excluding hydrogens is 332 g/mol. The second-order valence-corrected chi connectivity index (χ2v) is 7.11. The largest absolute Gasteiger partial charge is 0.325 e. The van der Waals surface area contributed by atoms with Gasteiger partial charge in [0.25, 0.3) is 0 Å². The number of fused-ring (bicyclic) bond motifs is 3. The molecule has 1 aromatic heterocycles. The van der Waals surface area contributed by atoms with Crippen LogP contribution in [0.5, 0.6) is 0 Å². The summed E-state index contributed by atoms with van der Waals surface area (Å²) in [5, 5.41) is 0. The molecule has 4 nitrogen and oxygen atoms in total. The van der Waals surface area contributed by atoms with Gasteiger partial charge < -0.3 is 4.90 Å². The average Bonchev–Trinajstić information content (AvgIpc) is 3.09. The molecule has 0 bridgehead atoms. The van der Waals surface area contributed by atoms with Gasteiger partial charge in [-0.15, -0.1) is 0 Å². The van der Waals surface area contributed by atoms with Crippen LogP contribution in [0.4, 0.5) is 5.95 Å². The summed E-state index contributed by atoms with van der Waals surface area (Å²) in [4.78, 5) is 9.78. The Morgan fingerprint density at radius 1 is 0.667 bits per heavy atom. The molecule has 2 heterocycles. The minimum atomic E-state index is 0.857. The zero-order valence-corrected chi connectivity index (χ0v) is 15.2. The molecule has 0 aliphatic carbocycles. The van der Waals surface area contributed by atoms with Crippen molar-refractivity contribution in [1.29, 1.82) is 0 Å². The Kier molecular flexibility index (Phi) is 4.11. The van der Waals surface area contributed by atoms with E-state index in [1.807, 2.05) is 0 Å². The van der Waals surface area contributed by atoms with Crippen LogP contribution in [0.15, 0.2) is 84.9 Å². The first-order valence-electron chi connectivity index (χ1n) is 9.37. The molecule has 0 saturated carbocycles. The minimum Gasteiger partial charge on any atom is -0.325 e. The molecule has 27 heavy (non-hydrogen) atoms. The lowest BCUT2D eigenvalue weighted by Gasteiger charge is -2.37. The van der Waals surface area contributed by atoms with Gasteiger partial charge in [0, 0.05) is 13.1 Å². The van der Waals surface area contributed by atoms with Crippen LogP contribution >= 0.6 is 0 Å². The van der Waals surface area contributed by atoms with E-state index in [4.69, 9.17) is 4.98 Å². The fraction of sp³-hybridized carbons (Fsp3) is 0.174. The van der Waals surface area contributed by atoms with Crippen molar-refractivity contribution in [3.63, 3.8) is 0 Å². The van der Waals surface area contributed by atoms with Crippen LogP contribution in [-0.2, 0) is 19.8 Å². The Morgan fingerprint density at radius 2 is 1.30 bits per heavy atom. The Bertz CT molecular complexity index is 1040. The van der Waals surface area contributed by atoms with E-state index in [0.29, 0.717) is 0 Å². The molecule has 0 saturated heterocycles. The monoisotopic (exact) mass is 354 g/mol. The first-order chi connectivity index (χ1) is 13.4. The Labute approximate surface area is 159 Å². The zero-order valence-electron chi connectivity index (χ0n) is 15.2. The van der Waals surface area contributed by atoms with Crippen molar-refractivity contribution >= 4 is 17.0 Å². The van der Waals surface area contributed by atoms with Gasteiger partial charge in [-0.3, -0.25) is 9.47 Å². The highest BCUT2D eigenvalue weighted by Gasteiger charge is 2.26. The molecule has 0 atom stereocenters. The highest BCUT2D eigenvalue weighted by molar-refractivity contribution is 5.79. The van der Waals surface area contributed by atoms with Crippen molar-refractivity contribution < 1.29 is 0 Å². The van der Waals surface area contributed by atoms with Crippen LogP contribution < -0.4 is 4.90 Å². The molecule has 0 N–H and O–H groups in total. The van der Waals surface area contributed by atoms with Gasteiger partial charge in [-0.05, 0) is 23.3 Å². The average molecular weight is 354 g/mol. The van der Waals surface area contributed by atoms with Gasteiger partial charge in [-0.1, -0.05) is 72.8 Å². The quantitative estimate of drug-likeness (QED) is 0.540.